The number of nitrogens with two attached hydrogens (primary N) is 1. The molecule has 0 aromatic heterocycles. The van der Waals surface area contributed by atoms with Gasteiger partial charge in [-0.25, -0.2) is 14.3 Å². The van der Waals surface area contributed by atoms with Gasteiger partial charge in [-0.1, -0.05) is 0 Å². The molecule has 0 heterocycles. The Bertz CT molecular complexity index is 223. The highest BCUT2D eigenvalue weighted by molar-refractivity contribution is 7.90. The van der Waals surface area contributed by atoms with Crippen molar-refractivity contribution in [3.05, 3.63) is 0 Å². The van der Waals surface area contributed by atoms with Crippen molar-refractivity contribution in [1.82, 2.24) is 10.7 Å². The normalized spacial score (nSPS) is 10.7. The summed E-state index contributed by atoms with van der Waals surface area (Å²) >= 11 is 4.60. The maximum atomic E-state index is 10.6. The van der Waals surface area contributed by atoms with E-state index in [0.717, 1.165) is 6.26 Å². The first kappa shape index (κ1) is 10.6. The number of thiocarbonyl (C=S) groups is 1. The van der Waals surface area contributed by atoms with Crippen LogP contribution in [-0.4, -0.2) is 32.1 Å². The van der Waals surface area contributed by atoms with E-state index >= 15 is 0 Å². The van der Waals surface area contributed by atoms with E-state index in [4.69, 9.17) is 5.84 Å². The van der Waals surface area contributed by atoms with E-state index in [2.05, 4.69) is 23.0 Å². The quantitative estimate of drug-likeness (QED) is 0.286. The van der Waals surface area contributed by atoms with Crippen LogP contribution in [0.2, 0.25) is 0 Å². The molecule has 0 aliphatic rings. The van der Waals surface area contributed by atoms with Gasteiger partial charge < -0.3 is 10.7 Å². The van der Waals surface area contributed by atoms with E-state index in [1.165, 1.54) is 0 Å². The SMILES string of the molecule is CS(=O)(=O)CCNC(=S)NN. The first-order valence-electron chi connectivity index (χ1n) is 2.88. The molecule has 4 N–H and O–H groups in total. The summed E-state index contributed by atoms with van der Waals surface area (Å²) in [7, 11) is -2.92. The van der Waals surface area contributed by atoms with Gasteiger partial charge in [-0.15, -0.1) is 0 Å². The van der Waals surface area contributed by atoms with Gasteiger partial charge in [-0.05, 0) is 12.2 Å². The summed E-state index contributed by atoms with van der Waals surface area (Å²) < 4.78 is 21.1. The average Bonchev–Trinajstić information content (AvgIpc) is 1.85. The summed E-state index contributed by atoms with van der Waals surface area (Å²) in [5.41, 5.74) is 2.18. The van der Waals surface area contributed by atoms with Crippen LogP contribution in [0.25, 0.3) is 0 Å². The van der Waals surface area contributed by atoms with E-state index in [1.54, 1.807) is 0 Å². The molecule has 0 atom stereocenters. The number of hydrogen-bond acceptors (Lipinski definition) is 4. The zero-order valence-electron chi connectivity index (χ0n) is 6.12. The van der Waals surface area contributed by atoms with Gasteiger partial charge in [0, 0.05) is 12.8 Å². The molecule has 0 spiro atoms. The molecule has 0 saturated carbocycles. The Hall–Kier alpha value is -0.400. The molecule has 0 radical (unpaired) electrons. The van der Waals surface area contributed by atoms with Gasteiger partial charge >= 0.3 is 0 Å². The summed E-state index contributed by atoms with van der Waals surface area (Å²) in [6.07, 6.45) is 1.16. The molecule has 0 aromatic rings. The molecule has 0 amide bonds. The molecule has 0 fully saturated rings. The van der Waals surface area contributed by atoms with E-state index < -0.39 is 9.84 Å². The molecule has 0 aliphatic carbocycles. The molecule has 0 unspecified atom stereocenters. The lowest BCUT2D eigenvalue weighted by Gasteiger charge is -2.04. The fourth-order valence-corrected chi connectivity index (χ4v) is 0.976. The second kappa shape index (κ2) is 4.47. The van der Waals surface area contributed by atoms with Crippen LogP contribution in [0.3, 0.4) is 0 Å². The summed E-state index contributed by atoms with van der Waals surface area (Å²) in [6, 6.07) is 0. The second-order valence-electron chi connectivity index (χ2n) is 2.03. The number of hydrazine groups is 1. The molecule has 0 rings (SSSR count). The smallest absolute Gasteiger partial charge is 0.180 e. The fraction of sp³-hybridized carbons (Fsp3) is 0.750. The summed E-state index contributed by atoms with van der Waals surface area (Å²) in [6.45, 7) is 0.280. The number of nitrogens with one attached hydrogen (secondary N) is 2. The number of rotatable bonds is 3. The Morgan fingerprint density at radius 2 is 2.18 bits per heavy atom. The van der Waals surface area contributed by atoms with Gasteiger partial charge in [0.2, 0.25) is 0 Å². The maximum absolute atomic E-state index is 10.6. The van der Waals surface area contributed by atoms with Crippen molar-refractivity contribution < 1.29 is 8.42 Å². The monoisotopic (exact) mass is 197 g/mol. The third-order valence-electron chi connectivity index (χ3n) is 0.890. The van der Waals surface area contributed by atoms with Crippen molar-refractivity contribution in [3.8, 4) is 0 Å². The molecular weight excluding hydrogens is 186 g/mol. The van der Waals surface area contributed by atoms with Crippen molar-refractivity contribution in [3.63, 3.8) is 0 Å². The van der Waals surface area contributed by atoms with Crippen LogP contribution in [0, 0.1) is 0 Å². The van der Waals surface area contributed by atoms with Gasteiger partial charge in [0.05, 0.1) is 5.75 Å². The van der Waals surface area contributed by atoms with Gasteiger partial charge in [0.15, 0.2) is 5.11 Å². The van der Waals surface area contributed by atoms with Crippen LogP contribution >= 0.6 is 12.2 Å². The second-order valence-corrected chi connectivity index (χ2v) is 4.70. The highest BCUT2D eigenvalue weighted by Gasteiger charge is 2.00. The topological polar surface area (TPSA) is 84.2 Å². The lowest BCUT2D eigenvalue weighted by atomic mass is 10.7. The third-order valence-corrected chi connectivity index (χ3v) is 2.10. The van der Waals surface area contributed by atoms with Crippen molar-refractivity contribution in [2.75, 3.05) is 18.6 Å². The van der Waals surface area contributed by atoms with Gasteiger partial charge in [0.1, 0.15) is 9.84 Å². The molecular formula is C4H11N3O2S2. The summed E-state index contributed by atoms with van der Waals surface area (Å²) in [5.74, 6) is 4.97. The molecule has 5 nitrogen and oxygen atoms in total. The predicted molar refractivity (Wildman–Crippen MR) is 47.6 cm³/mol. The molecule has 66 valence electrons. The Morgan fingerprint density at radius 1 is 1.64 bits per heavy atom. The summed E-state index contributed by atoms with van der Waals surface area (Å²) in [4.78, 5) is 0. The van der Waals surface area contributed by atoms with Crippen molar-refractivity contribution >= 4 is 27.2 Å². The Morgan fingerprint density at radius 3 is 2.55 bits per heavy atom. The third kappa shape index (κ3) is 7.50. The maximum Gasteiger partial charge on any atom is 0.180 e. The van der Waals surface area contributed by atoms with Crippen molar-refractivity contribution in [1.29, 1.82) is 0 Å². The van der Waals surface area contributed by atoms with E-state index in [9.17, 15) is 8.42 Å². The molecule has 11 heavy (non-hydrogen) atoms. The minimum atomic E-state index is -2.92. The van der Waals surface area contributed by atoms with Crippen LogP contribution in [0.15, 0.2) is 0 Å². The molecule has 0 bridgehead atoms. The van der Waals surface area contributed by atoms with Crippen LogP contribution in [0.5, 0.6) is 0 Å². The van der Waals surface area contributed by atoms with Crippen LogP contribution in [0.1, 0.15) is 0 Å². The molecule has 7 heteroatoms. The lowest BCUT2D eigenvalue weighted by molar-refractivity contribution is 0.600. The predicted octanol–water partition coefficient (Wildman–Crippen LogP) is -1.63. The summed E-state index contributed by atoms with van der Waals surface area (Å²) in [5, 5.41) is 2.85. The van der Waals surface area contributed by atoms with Crippen LogP contribution in [-0.2, 0) is 9.84 Å². The van der Waals surface area contributed by atoms with E-state index in [0.29, 0.717) is 0 Å². The minimum absolute atomic E-state index is 0.0504. The standard InChI is InChI=1S/C4H11N3O2S2/c1-11(8,9)3-2-6-4(10)7-5/h2-3,5H2,1H3,(H2,6,7,10). The number of hydrogen-bond donors (Lipinski definition) is 3. The highest BCUT2D eigenvalue weighted by atomic mass is 32.2. The fourth-order valence-electron chi connectivity index (χ4n) is 0.401. The van der Waals surface area contributed by atoms with Crippen LogP contribution < -0.4 is 16.6 Å². The molecule has 0 saturated heterocycles. The van der Waals surface area contributed by atoms with Crippen molar-refractivity contribution in [2.45, 2.75) is 0 Å². The number of sulfone groups is 1. The van der Waals surface area contributed by atoms with Crippen molar-refractivity contribution in [2.24, 2.45) is 5.84 Å². The van der Waals surface area contributed by atoms with Gasteiger partial charge in [-0.2, -0.15) is 0 Å². The highest BCUT2D eigenvalue weighted by Crippen LogP contribution is 1.78. The Balaban J connectivity index is 3.51. The molecule has 0 aromatic carbocycles. The Labute approximate surface area is 71.2 Å². The van der Waals surface area contributed by atoms with E-state index in [1.807, 2.05) is 0 Å². The zero-order valence-corrected chi connectivity index (χ0v) is 7.76. The lowest BCUT2D eigenvalue weighted by Crippen LogP contribution is -2.41. The largest absolute Gasteiger partial charge is 0.361 e. The first-order valence-corrected chi connectivity index (χ1v) is 5.35. The molecule has 0 aliphatic heterocycles. The van der Waals surface area contributed by atoms with Gasteiger partial charge in [0.25, 0.3) is 0 Å². The van der Waals surface area contributed by atoms with Crippen LogP contribution in [0.4, 0.5) is 0 Å². The van der Waals surface area contributed by atoms with E-state index in [-0.39, 0.29) is 17.4 Å². The Kier molecular flexibility index (Phi) is 4.31. The average molecular weight is 197 g/mol. The van der Waals surface area contributed by atoms with Gasteiger partial charge in [-0.3, -0.25) is 0 Å². The minimum Gasteiger partial charge on any atom is -0.361 e. The first-order chi connectivity index (χ1) is 4.95. The zero-order chi connectivity index (χ0) is 8.91.